The molecule has 5 heterocycles. The lowest BCUT2D eigenvalue weighted by atomic mass is 10.1. The predicted octanol–water partition coefficient (Wildman–Crippen LogP) is 3.17. The molecular formula is C19H19N7OS2. The molecule has 0 atom stereocenters. The van der Waals surface area contributed by atoms with E-state index in [0.29, 0.717) is 16.7 Å². The number of hydrogen-bond donors (Lipinski definition) is 2. The fraction of sp³-hybridized carbons (Fsp3) is 0.316. The fourth-order valence-electron chi connectivity index (χ4n) is 3.47. The largest absolute Gasteiger partial charge is 0.506 e. The van der Waals surface area contributed by atoms with Crippen molar-refractivity contribution in [2.45, 2.75) is 18.9 Å². The van der Waals surface area contributed by atoms with Gasteiger partial charge in [0.2, 0.25) is 0 Å². The first-order valence-electron chi connectivity index (χ1n) is 9.36. The molecule has 148 valence electrons. The Morgan fingerprint density at radius 3 is 2.62 bits per heavy atom. The average molecular weight is 426 g/mol. The zero-order chi connectivity index (χ0) is 19.8. The van der Waals surface area contributed by atoms with E-state index in [0.717, 1.165) is 51.9 Å². The number of nitrogens with zero attached hydrogens (tertiary/aromatic N) is 6. The molecule has 5 rings (SSSR count). The summed E-state index contributed by atoms with van der Waals surface area (Å²) in [6, 6.07) is 4.02. The number of pyridine rings is 1. The SMILES string of the molecule is CN(c1nc2sc(-c3ncc(-c4ccnnc4)cc3O)nc2s1)C1CCNCC1. The highest BCUT2D eigenvalue weighted by atomic mass is 32.1. The number of rotatable bonds is 4. The Hall–Kier alpha value is -2.69. The molecule has 2 N–H and O–H groups in total. The molecular weight excluding hydrogens is 406 g/mol. The second-order valence-electron chi connectivity index (χ2n) is 6.94. The molecule has 1 aliphatic rings. The molecule has 0 aromatic carbocycles. The van der Waals surface area contributed by atoms with Crippen LogP contribution in [0.2, 0.25) is 0 Å². The number of aromatic hydroxyl groups is 1. The Morgan fingerprint density at radius 2 is 1.90 bits per heavy atom. The van der Waals surface area contributed by atoms with Crippen LogP contribution in [-0.4, -0.2) is 56.4 Å². The van der Waals surface area contributed by atoms with Crippen LogP contribution in [0.4, 0.5) is 5.13 Å². The maximum atomic E-state index is 10.5. The summed E-state index contributed by atoms with van der Waals surface area (Å²) >= 11 is 3.04. The maximum Gasteiger partial charge on any atom is 0.188 e. The van der Waals surface area contributed by atoms with E-state index in [1.54, 1.807) is 36.0 Å². The van der Waals surface area contributed by atoms with Crippen molar-refractivity contribution in [2.75, 3.05) is 25.0 Å². The van der Waals surface area contributed by atoms with Gasteiger partial charge in [-0.2, -0.15) is 10.2 Å². The van der Waals surface area contributed by atoms with Gasteiger partial charge in [-0.05, 0) is 38.1 Å². The van der Waals surface area contributed by atoms with E-state index in [4.69, 9.17) is 4.98 Å². The van der Waals surface area contributed by atoms with Crippen molar-refractivity contribution >= 4 is 37.5 Å². The van der Waals surface area contributed by atoms with Crippen LogP contribution in [0.5, 0.6) is 5.75 Å². The van der Waals surface area contributed by atoms with Crippen LogP contribution >= 0.6 is 22.7 Å². The summed E-state index contributed by atoms with van der Waals surface area (Å²) in [5, 5.41) is 23.2. The smallest absolute Gasteiger partial charge is 0.188 e. The zero-order valence-corrected chi connectivity index (χ0v) is 17.4. The van der Waals surface area contributed by atoms with Gasteiger partial charge in [0, 0.05) is 30.4 Å². The number of hydrogen-bond acceptors (Lipinski definition) is 10. The zero-order valence-electron chi connectivity index (χ0n) is 15.7. The van der Waals surface area contributed by atoms with Gasteiger partial charge < -0.3 is 15.3 Å². The van der Waals surface area contributed by atoms with Crippen LogP contribution in [0.25, 0.3) is 31.5 Å². The molecule has 0 aliphatic carbocycles. The number of thiazole rings is 2. The first kappa shape index (κ1) is 18.3. The Bertz CT molecular complexity index is 1110. The van der Waals surface area contributed by atoms with Gasteiger partial charge in [-0.15, -0.1) is 0 Å². The predicted molar refractivity (Wildman–Crippen MR) is 116 cm³/mol. The Labute approximate surface area is 175 Å². The van der Waals surface area contributed by atoms with Crippen LogP contribution in [0, 0.1) is 0 Å². The van der Waals surface area contributed by atoms with E-state index in [1.807, 2.05) is 6.07 Å². The standard InChI is InChI=1S/C19H19N7OS2/c1-26(13-3-5-20-6-4-13)19-25-18-17(29-19)24-16(28-18)15-14(27)8-12(9-21-15)11-2-7-22-23-10-11/h2,7-10,13,20,27H,3-6H2,1H3. The molecule has 0 bridgehead atoms. The molecule has 10 heteroatoms. The van der Waals surface area contributed by atoms with Crippen LogP contribution in [0.15, 0.2) is 30.7 Å². The van der Waals surface area contributed by atoms with Gasteiger partial charge in [0.05, 0.1) is 12.4 Å². The van der Waals surface area contributed by atoms with Crippen LogP contribution in [0.1, 0.15) is 12.8 Å². The first-order chi connectivity index (χ1) is 14.2. The number of anilines is 1. The molecule has 4 aromatic rings. The fourth-order valence-corrected chi connectivity index (χ4v) is 5.55. The number of piperidine rings is 1. The first-order valence-corrected chi connectivity index (χ1v) is 11.0. The van der Waals surface area contributed by atoms with Gasteiger partial charge in [0.15, 0.2) is 14.8 Å². The second-order valence-corrected chi connectivity index (χ2v) is 8.87. The molecule has 0 unspecified atom stereocenters. The topological polar surface area (TPSA) is 100.0 Å². The van der Waals surface area contributed by atoms with Crippen molar-refractivity contribution in [3.8, 4) is 27.6 Å². The molecule has 0 saturated carbocycles. The summed E-state index contributed by atoms with van der Waals surface area (Å²) in [6.45, 7) is 2.10. The minimum absolute atomic E-state index is 0.0905. The van der Waals surface area contributed by atoms with Crippen molar-refractivity contribution in [3.63, 3.8) is 0 Å². The Morgan fingerprint density at radius 1 is 1.07 bits per heavy atom. The summed E-state index contributed by atoms with van der Waals surface area (Å²) in [7, 11) is 2.11. The van der Waals surface area contributed by atoms with Gasteiger partial charge >= 0.3 is 0 Å². The lowest BCUT2D eigenvalue weighted by molar-refractivity contribution is 0.443. The summed E-state index contributed by atoms with van der Waals surface area (Å²) in [4.78, 5) is 17.9. The molecule has 1 aliphatic heterocycles. The third-order valence-electron chi connectivity index (χ3n) is 5.11. The van der Waals surface area contributed by atoms with Crippen LogP contribution in [-0.2, 0) is 0 Å². The van der Waals surface area contributed by atoms with Crippen molar-refractivity contribution in [1.82, 2.24) is 30.5 Å². The van der Waals surface area contributed by atoms with Crippen LogP contribution in [0.3, 0.4) is 0 Å². The van der Waals surface area contributed by atoms with E-state index >= 15 is 0 Å². The molecule has 8 nitrogen and oxygen atoms in total. The second kappa shape index (κ2) is 7.62. The third kappa shape index (κ3) is 3.54. The van der Waals surface area contributed by atoms with E-state index < -0.39 is 0 Å². The number of nitrogens with one attached hydrogen (secondary N) is 1. The van der Waals surface area contributed by atoms with E-state index in [-0.39, 0.29) is 5.75 Å². The maximum absolute atomic E-state index is 10.5. The third-order valence-corrected chi connectivity index (χ3v) is 7.24. The van der Waals surface area contributed by atoms with Gasteiger partial charge in [-0.1, -0.05) is 22.7 Å². The van der Waals surface area contributed by atoms with Crippen molar-refractivity contribution in [2.24, 2.45) is 0 Å². The summed E-state index contributed by atoms with van der Waals surface area (Å²) in [5.74, 6) is 0.0905. The summed E-state index contributed by atoms with van der Waals surface area (Å²) in [5.41, 5.74) is 2.10. The van der Waals surface area contributed by atoms with Gasteiger partial charge in [0.1, 0.15) is 16.5 Å². The number of fused-ring (bicyclic) bond motifs is 1. The van der Waals surface area contributed by atoms with Gasteiger partial charge in [0.25, 0.3) is 0 Å². The lowest BCUT2D eigenvalue weighted by Gasteiger charge is -2.31. The lowest BCUT2D eigenvalue weighted by Crippen LogP contribution is -2.41. The normalized spacial score (nSPS) is 15.1. The molecule has 29 heavy (non-hydrogen) atoms. The van der Waals surface area contributed by atoms with E-state index in [1.165, 1.54) is 11.3 Å². The molecule has 0 spiro atoms. The molecule has 1 fully saturated rings. The minimum atomic E-state index is 0.0905. The Kier molecular flexibility index (Phi) is 4.82. The summed E-state index contributed by atoms with van der Waals surface area (Å²) in [6.07, 6.45) is 7.21. The van der Waals surface area contributed by atoms with Gasteiger partial charge in [-0.3, -0.25) is 0 Å². The summed E-state index contributed by atoms with van der Waals surface area (Å²) < 4.78 is 0. The highest BCUT2D eigenvalue weighted by Gasteiger charge is 2.22. The van der Waals surface area contributed by atoms with E-state index in [9.17, 15) is 5.11 Å². The molecule has 0 amide bonds. The number of aromatic nitrogens is 5. The minimum Gasteiger partial charge on any atom is -0.506 e. The van der Waals surface area contributed by atoms with Crippen LogP contribution < -0.4 is 10.2 Å². The highest BCUT2D eigenvalue weighted by Crippen LogP contribution is 2.39. The molecule has 0 radical (unpaired) electrons. The van der Waals surface area contributed by atoms with Gasteiger partial charge in [-0.25, -0.2) is 15.0 Å². The highest BCUT2D eigenvalue weighted by molar-refractivity contribution is 7.29. The quantitative estimate of drug-likeness (QED) is 0.514. The van der Waals surface area contributed by atoms with Crippen molar-refractivity contribution in [1.29, 1.82) is 0 Å². The van der Waals surface area contributed by atoms with Crippen molar-refractivity contribution < 1.29 is 5.11 Å². The monoisotopic (exact) mass is 425 g/mol. The molecule has 4 aromatic heterocycles. The van der Waals surface area contributed by atoms with E-state index in [2.05, 4.69) is 37.4 Å². The Balaban J connectivity index is 1.42. The molecule has 1 saturated heterocycles. The van der Waals surface area contributed by atoms with Crippen molar-refractivity contribution in [3.05, 3.63) is 30.7 Å². The average Bonchev–Trinajstić information content (AvgIpc) is 3.34.